The van der Waals surface area contributed by atoms with Crippen LogP contribution in [-0.4, -0.2) is 23.4 Å². The van der Waals surface area contributed by atoms with Gasteiger partial charge in [0.1, 0.15) is 17.2 Å². The first-order valence-electron chi connectivity index (χ1n) is 7.52. The fourth-order valence-electron chi connectivity index (χ4n) is 2.50. The number of alkyl halides is 3. The van der Waals surface area contributed by atoms with Crippen LogP contribution in [0.5, 0.6) is 17.2 Å². The van der Waals surface area contributed by atoms with Crippen molar-refractivity contribution in [1.82, 2.24) is 0 Å². The largest absolute Gasteiger partial charge is 0.478 e. The van der Waals surface area contributed by atoms with Gasteiger partial charge in [0.25, 0.3) is 0 Å². The molecule has 4 nitrogen and oxygen atoms in total. The van der Waals surface area contributed by atoms with Crippen molar-refractivity contribution in [2.75, 3.05) is 0 Å². The minimum atomic E-state index is -4.89. The average molecular weight is 464 g/mol. The highest BCUT2D eigenvalue weighted by molar-refractivity contribution is 9.10. The zero-order valence-corrected chi connectivity index (χ0v) is 15.9. The minimum absolute atomic E-state index is 0.0769. The van der Waals surface area contributed by atoms with E-state index in [4.69, 9.17) is 26.2 Å². The molecular formula is C18H11BrClF3O4. The Morgan fingerprint density at radius 3 is 2.56 bits per heavy atom. The first kappa shape index (κ1) is 19.6. The van der Waals surface area contributed by atoms with E-state index >= 15 is 0 Å². The van der Waals surface area contributed by atoms with Gasteiger partial charge in [0.15, 0.2) is 0 Å². The number of rotatable bonds is 3. The number of halogens is 5. The van der Waals surface area contributed by atoms with E-state index in [-0.39, 0.29) is 22.1 Å². The summed E-state index contributed by atoms with van der Waals surface area (Å²) in [5.41, 5.74) is 0.183. The second-order valence-electron chi connectivity index (χ2n) is 5.80. The number of fused-ring (bicyclic) bond motifs is 1. The molecule has 2 aromatic carbocycles. The molecule has 1 N–H and O–H groups in total. The van der Waals surface area contributed by atoms with Crippen LogP contribution in [0.15, 0.2) is 40.4 Å². The molecule has 0 saturated heterocycles. The summed E-state index contributed by atoms with van der Waals surface area (Å²) in [4.78, 5) is 11.2. The second-order valence-corrected chi connectivity index (χ2v) is 7.06. The molecule has 9 heteroatoms. The van der Waals surface area contributed by atoms with E-state index in [9.17, 15) is 18.0 Å². The molecule has 0 aromatic heterocycles. The number of aryl methyl sites for hydroxylation is 1. The maximum absolute atomic E-state index is 13.2. The summed E-state index contributed by atoms with van der Waals surface area (Å²) in [7, 11) is 0. The Kier molecular flexibility index (Phi) is 5.14. The van der Waals surface area contributed by atoms with Crippen molar-refractivity contribution in [1.29, 1.82) is 0 Å². The van der Waals surface area contributed by atoms with Gasteiger partial charge >= 0.3 is 12.1 Å². The Balaban J connectivity index is 2.02. The van der Waals surface area contributed by atoms with Gasteiger partial charge in [0, 0.05) is 11.6 Å². The molecule has 1 aliphatic rings. The van der Waals surface area contributed by atoms with Crippen molar-refractivity contribution in [3.63, 3.8) is 0 Å². The smallest absolute Gasteiger partial charge is 0.430 e. The summed E-state index contributed by atoms with van der Waals surface area (Å²) >= 11 is 9.49. The highest BCUT2D eigenvalue weighted by atomic mass is 79.9. The molecule has 0 saturated carbocycles. The first-order chi connectivity index (χ1) is 12.6. The van der Waals surface area contributed by atoms with Crippen molar-refractivity contribution >= 4 is 39.6 Å². The standard InChI is InChI=1S/C18H11BrClF3O4/c1-8-2-3-13(11(19)4-8)26-15-7-14-9(6-12(15)20)5-10(17(24)25)16(27-14)18(21,22)23/h2-7,16H,1H3,(H,24,25). The Labute approximate surface area is 165 Å². The SMILES string of the molecule is Cc1ccc(Oc2cc3c(cc2Cl)C=C(C(=O)O)C(C(F)(F)F)O3)c(Br)c1. The number of benzene rings is 2. The molecule has 1 aliphatic heterocycles. The lowest BCUT2D eigenvalue weighted by Crippen LogP contribution is -2.40. The maximum atomic E-state index is 13.2. The number of carboxylic acid groups (broad SMARTS) is 1. The summed E-state index contributed by atoms with van der Waals surface area (Å²) in [5.74, 6) is -1.41. The van der Waals surface area contributed by atoms with E-state index in [1.807, 2.05) is 6.92 Å². The van der Waals surface area contributed by atoms with Crippen LogP contribution in [0.1, 0.15) is 11.1 Å². The molecule has 1 heterocycles. The molecule has 0 radical (unpaired) electrons. The van der Waals surface area contributed by atoms with E-state index in [1.165, 1.54) is 12.1 Å². The molecule has 1 unspecified atom stereocenters. The van der Waals surface area contributed by atoms with Crippen molar-refractivity contribution in [2.45, 2.75) is 19.2 Å². The van der Waals surface area contributed by atoms with Crippen LogP contribution in [-0.2, 0) is 4.79 Å². The van der Waals surface area contributed by atoms with Crippen LogP contribution in [0.3, 0.4) is 0 Å². The predicted molar refractivity (Wildman–Crippen MR) is 96.5 cm³/mol. The molecule has 3 rings (SSSR count). The molecular weight excluding hydrogens is 453 g/mol. The molecule has 0 fully saturated rings. The second kappa shape index (κ2) is 7.09. The Morgan fingerprint density at radius 1 is 1.26 bits per heavy atom. The van der Waals surface area contributed by atoms with Gasteiger partial charge in [-0.2, -0.15) is 13.2 Å². The fraction of sp³-hybridized carbons (Fsp3) is 0.167. The van der Waals surface area contributed by atoms with Crippen LogP contribution in [0.4, 0.5) is 13.2 Å². The number of ether oxygens (including phenoxy) is 2. The summed E-state index contributed by atoms with van der Waals surface area (Å²) in [6.45, 7) is 1.89. The lowest BCUT2D eigenvalue weighted by atomic mass is 10.0. The maximum Gasteiger partial charge on any atom is 0.430 e. The molecule has 2 aromatic rings. The van der Waals surface area contributed by atoms with Gasteiger partial charge in [-0.25, -0.2) is 4.79 Å². The molecule has 0 bridgehead atoms. The van der Waals surface area contributed by atoms with Crippen LogP contribution in [0, 0.1) is 6.92 Å². The van der Waals surface area contributed by atoms with E-state index in [0.717, 1.165) is 11.6 Å². The lowest BCUT2D eigenvalue weighted by Gasteiger charge is -2.27. The predicted octanol–water partition coefficient (Wildman–Crippen LogP) is 5.99. The van der Waals surface area contributed by atoms with E-state index < -0.39 is 23.8 Å². The third-order valence-electron chi connectivity index (χ3n) is 3.75. The molecule has 0 aliphatic carbocycles. The number of hydrogen-bond donors (Lipinski definition) is 1. The Morgan fingerprint density at radius 2 is 1.96 bits per heavy atom. The van der Waals surface area contributed by atoms with E-state index in [1.54, 1.807) is 18.2 Å². The van der Waals surface area contributed by atoms with E-state index in [2.05, 4.69) is 15.9 Å². The molecule has 0 spiro atoms. The third-order valence-corrected chi connectivity index (χ3v) is 4.67. The zero-order chi connectivity index (χ0) is 19.9. The van der Waals surface area contributed by atoms with Gasteiger partial charge < -0.3 is 14.6 Å². The monoisotopic (exact) mass is 462 g/mol. The van der Waals surface area contributed by atoms with Gasteiger partial charge in [0.05, 0.1) is 15.1 Å². The molecule has 142 valence electrons. The summed E-state index contributed by atoms with van der Waals surface area (Å²) in [5, 5.41) is 9.15. The summed E-state index contributed by atoms with van der Waals surface area (Å²) in [6.07, 6.45) is -6.57. The van der Waals surface area contributed by atoms with Crippen molar-refractivity contribution in [3.05, 3.63) is 56.5 Å². The van der Waals surface area contributed by atoms with Crippen LogP contribution < -0.4 is 9.47 Å². The average Bonchev–Trinajstić information content (AvgIpc) is 2.55. The Bertz CT molecular complexity index is 956. The highest BCUT2D eigenvalue weighted by Gasteiger charge is 2.48. The zero-order valence-electron chi connectivity index (χ0n) is 13.6. The van der Waals surface area contributed by atoms with Gasteiger partial charge in [-0.15, -0.1) is 0 Å². The van der Waals surface area contributed by atoms with E-state index in [0.29, 0.717) is 10.2 Å². The highest BCUT2D eigenvalue weighted by Crippen LogP contribution is 2.43. The van der Waals surface area contributed by atoms with Gasteiger partial charge in [-0.1, -0.05) is 17.7 Å². The number of hydrogen-bond acceptors (Lipinski definition) is 3. The van der Waals surface area contributed by atoms with Crippen molar-refractivity contribution in [3.8, 4) is 17.2 Å². The Hall–Kier alpha value is -2.19. The van der Waals surface area contributed by atoms with Crippen LogP contribution >= 0.6 is 27.5 Å². The van der Waals surface area contributed by atoms with Crippen LogP contribution in [0.25, 0.3) is 6.08 Å². The number of aliphatic carboxylic acids is 1. The summed E-state index contributed by atoms with van der Waals surface area (Å²) in [6, 6.07) is 7.78. The topological polar surface area (TPSA) is 55.8 Å². The fourth-order valence-corrected chi connectivity index (χ4v) is 3.29. The van der Waals surface area contributed by atoms with Crippen molar-refractivity contribution < 1.29 is 32.5 Å². The number of carbonyl (C=O) groups is 1. The molecule has 0 amide bonds. The first-order valence-corrected chi connectivity index (χ1v) is 8.69. The minimum Gasteiger partial charge on any atom is -0.478 e. The van der Waals surface area contributed by atoms with Gasteiger partial charge in [-0.05, 0) is 52.7 Å². The lowest BCUT2D eigenvalue weighted by molar-refractivity contribution is -0.187. The third kappa shape index (κ3) is 4.06. The molecule has 27 heavy (non-hydrogen) atoms. The van der Waals surface area contributed by atoms with Crippen LogP contribution in [0.2, 0.25) is 5.02 Å². The number of carboxylic acids is 1. The van der Waals surface area contributed by atoms with Gasteiger partial charge in [0.2, 0.25) is 6.10 Å². The van der Waals surface area contributed by atoms with Crippen molar-refractivity contribution in [2.24, 2.45) is 0 Å². The van der Waals surface area contributed by atoms with Gasteiger partial charge in [-0.3, -0.25) is 0 Å². The quantitative estimate of drug-likeness (QED) is 0.607. The normalized spacial score (nSPS) is 16.2. The summed E-state index contributed by atoms with van der Waals surface area (Å²) < 4.78 is 50.8. The molecule has 1 atom stereocenters.